The Morgan fingerprint density at radius 3 is 2.65 bits per heavy atom. The molecule has 0 bridgehead atoms. The maximum absolute atomic E-state index is 12.1. The molecule has 0 aliphatic rings. The van der Waals surface area contributed by atoms with Crippen molar-refractivity contribution in [3.8, 4) is 5.75 Å². The van der Waals surface area contributed by atoms with E-state index in [4.69, 9.17) is 21.4 Å². The number of aromatic carboxylic acids is 1. The molecule has 3 N–H and O–H groups in total. The molecule has 0 aliphatic heterocycles. The minimum absolute atomic E-state index is 0.00688. The van der Waals surface area contributed by atoms with Crippen LogP contribution in [0, 0.1) is 6.92 Å². The molecule has 2 rings (SSSR count). The molecule has 1 unspecified atom stereocenters. The predicted octanol–water partition coefficient (Wildman–Crippen LogP) is 2.75. The monoisotopic (exact) mass is 377 g/mol. The Hall–Kier alpha value is -2.57. The molecule has 138 valence electrons. The lowest BCUT2D eigenvalue weighted by atomic mass is 10.0. The van der Waals surface area contributed by atoms with Crippen LogP contribution in [-0.2, 0) is 11.2 Å². The van der Waals surface area contributed by atoms with Gasteiger partial charge in [0.15, 0.2) is 0 Å². The van der Waals surface area contributed by atoms with Gasteiger partial charge in [-0.15, -0.1) is 0 Å². The average Bonchev–Trinajstić information content (AvgIpc) is 2.60. The minimum Gasteiger partial charge on any atom is -0.496 e. The Morgan fingerprint density at radius 2 is 2.00 bits per heavy atom. The van der Waals surface area contributed by atoms with E-state index < -0.39 is 12.1 Å². The van der Waals surface area contributed by atoms with Gasteiger partial charge in [-0.25, -0.2) is 4.79 Å². The molecule has 6 nitrogen and oxygen atoms in total. The molecule has 1 atom stereocenters. The fraction of sp³-hybridized carbons (Fsp3) is 0.263. The van der Waals surface area contributed by atoms with Gasteiger partial charge in [-0.2, -0.15) is 0 Å². The predicted molar refractivity (Wildman–Crippen MR) is 97.8 cm³/mol. The molecule has 0 heterocycles. The third kappa shape index (κ3) is 4.74. The third-order valence-corrected chi connectivity index (χ3v) is 4.29. The molecule has 2 aromatic carbocycles. The first-order valence-corrected chi connectivity index (χ1v) is 8.31. The molecule has 0 aliphatic carbocycles. The number of amides is 1. The normalized spacial score (nSPS) is 11.7. The minimum atomic E-state index is -1.04. The molecule has 2 aromatic rings. The number of benzene rings is 2. The Morgan fingerprint density at radius 1 is 1.27 bits per heavy atom. The zero-order valence-corrected chi connectivity index (χ0v) is 15.2. The van der Waals surface area contributed by atoms with Gasteiger partial charge in [-0.05, 0) is 36.2 Å². The largest absolute Gasteiger partial charge is 0.496 e. The van der Waals surface area contributed by atoms with Gasteiger partial charge in [0.1, 0.15) is 11.9 Å². The molecule has 26 heavy (non-hydrogen) atoms. The summed E-state index contributed by atoms with van der Waals surface area (Å²) < 4.78 is 5.18. The van der Waals surface area contributed by atoms with Crippen LogP contribution in [0.25, 0.3) is 0 Å². The highest BCUT2D eigenvalue weighted by molar-refractivity contribution is 6.31. The summed E-state index contributed by atoms with van der Waals surface area (Å²) in [7, 11) is 1.47. The summed E-state index contributed by atoms with van der Waals surface area (Å²) in [6, 6.07) is 9.85. The van der Waals surface area contributed by atoms with E-state index in [0.717, 1.165) is 0 Å². The fourth-order valence-corrected chi connectivity index (χ4v) is 2.88. The van der Waals surface area contributed by atoms with E-state index >= 15 is 0 Å². The maximum atomic E-state index is 12.1. The number of aliphatic hydroxyl groups is 1. The van der Waals surface area contributed by atoms with Gasteiger partial charge in [0, 0.05) is 12.1 Å². The van der Waals surface area contributed by atoms with E-state index in [1.54, 1.807) is 37.3 Å². The van der Waals surface area contributed by atoms with E-state index in [2.05, 4.69) is 5.32 Å². The van der Waals surface area contributed by atoms with Crippen LogP contribution in [0.3, 0.4) is 0 Å². The van der Waals surface area contributed by atoms with Crippen LogP contribution in [0.4, 0.5) is 0 Å². The van der Waals surface area contributed by atoms with Crippen LogP contribution in [0.2, 0.25) is 5.02 Å². The van der Waals surface area contributed by atoms with Gasteiger partial charge in [-0.1, -0.05) is 29.8 Å². The molecule has 0 fully saturated rings. The van der Waals surface area contributed by atoms with Gasteiger partial charge in [0.2, 0.25) is 5.91 Å². The third-order valence-electron chi connectivity index (χ3n) is 3.96. The molecule has 0 saturated heterocycles. The Labute approximate surface area is 156 Å². The second-order valence-electron chi connectivity index (χ2n) is 5.81. The smallest absolute Gasteiger partial charge is 0.335 e. The van der Waals surface area contributed by atoms with Gasteiger partial charge in [0.25, 0.3) is 0 Å². The summed E-state index contributed by atoms with van der Waals surface area (Å²) >= 11 is 6.10. The molecular weight excluding hydrogens is 358 g/mol. The summed E-state index contributed by atoms with van der Waals surface area (Å²) in [6.07, 6.45) is -1.03. The van der Waals surface area contributed by atoms with Crippen LogP contribution in [0.5, 0.6) is 5.75 Å². The Balaban J connectivity index is 2.01. The van der Waals surface area contributed by atoms with E-state index in [0.29, 0.717) is 27.5 Å². The number of hydrogen-bond donors (Lipinski definition) is 3. The lowest BCUT2D eigenvalue weighted by molar-refractivity contribution is -0.120. The number of carbonyl (C=O) groups excluding carboxylic acids is 1. The van der Waals surface area contributed by atoms with Gasteiger partial charge in [0.05, 0.1) is 24.1 Å². The van der Waals surface area contributed by atoms with E-state index in [9.17, 15) is 14.7 Å². The summed E-state index contributed by atoms with van der Waals surface area (Å²) in [5.74, 6) is -0.940. The van der Waals surface area contributed by atoms with Crippen LogP contribution in [0.1, 0.15) is 33.2 Å². The van der Waals surface area contributed by atoms with Crippen LogP contribution in [0.15, 0.2) is 36.4 Å². The quantitative estimate of drug-likeness (QED) is 0.689. The van der Waals surface area contributed by atoms with Crippen molar-refractivity contribution in [2.45, 2.75) is 19.4 Å². The van der Waals surface area contributed by atoms with Crippen molar-refractivity contribution >= 4 is 23.5 Å². The number of ether oxygens (including phenoxy) is 1. The topological polar surface area (TPSA) is 95.9 Å². The Bertz CT molecular complexity index is 822. The van der Waals surface area contributed by atoms with Gasteiger partial charge >= 0.3 is 5.97 Å². The summed E-state index contributed by atoms with van der Waals surface area (Å²) in [5.41, 5.74) is 1.77. The number of carboxylic acids is 1. The zero-order chi connectivity index (χ0) is 19.3. The van der Waals surface area contributed by atoms with E-state index in [-0.39, 0.29) is 24.4 Å². The zero-order valence-electron chi connectivity index (χ0n) is 14.5. The van der Waals surface area contributed by atoms with Crippen molar-refractivity contribution in [1.29, 1.82) is 0 Å². The lowest BCUT2D eigenvalue weighted by Gasteiger charge is -2.17. The number of aliphatic hydroxyl groups excluding tert-OH is 1. The van der Waals surface area contributed by atoms with Gasteiger partial charge < -0.3 is 20.3 Å². The number of carboxylic acid groups (broad SMARTS) is 1. The molecule has 1 amide bonds. The molecule has 0 aromatic heterocycles. The average molecular weight is 378 g/mol. The SMILES string of the molecule is COc1cccc(Cl)c1C(O)CNC(=O)Cc1ccc(C)c(C(=O)O)c1. The molecule has 0 spiro atoms. The molecule has 0 saturated carbocycles. The fourth-order valence-electron chi connectivity index (χ4n) is 2.59. The van der Waals surface area contributed by atoms with Gasteiger partial charge in [-0.3, -0.25) is 4.79 Å². The number of halogens is 1. The second kappa shape index (κ2) is 8.69. The second-order valence-corrected chi connectivity index (χ2v) is 6.21. The van der Waals surface area contributed by atoms with Crippen LogP contribution >= 0.6 is 11.6 Å². The van der Waals surface area contributed by atoms with Crippen LogP contribution < -0.4 is 10.1 Å². The number of rotatable bonds is 7. The lowest BCUT2D eigenvalue weighted by Crippen LogP contribution is -2.30. The van der Waals surface area contributed by atoms with Crippen molar-refractivity contribution in [2.24, 2.45) is 0 Å². The van der Waals surface area contributed by atoms with Crippen molar-refractivity contribution in [2.75, 3.05) is 13.7 Å². The standard InChI is InChI=1S/C19H20ClNO5/c1-11-6-7-12(8-13(11)19(24)25)9-17(23)21-10-15(22)18-14(20)4-3-5-16(18)26-2/h3-8,15,22H,9-10H2,1-2H3,(H,21,23)(H,24,25). The Kier molecular flexibility index (Phi) is 6.60. The highest BCUT2D eigenvalue weighted by atomic mass is 35.5. The highest BCUT2D eigenvalue weighted by Gasteiger charge is 2.18. The maximum Gasteiger partial charge on any atom is 0.335 e. The van der Waals surface area contributed by atoms with E-state index in [1.807, 2.05) is 0 Å². The molecule has 7 heteroatoms. The van der Waals surface area contributed by atoms with Crippen molar-refractivity contribution in [1.82, 2.24) is 5.32 Å². The van der Waals surface area contributed by atoms with E-state index in [1.165, 1.54) is 13.2 Å². The van der Waals surface area contributed by atoms with Crippen molar-refractivity contribution < 1.29 is 24.5 Å². The first kappa shape index (κ1) is 19.8. The first-order chi connectivity index (χ1) is 12.3. The number of nitrogens with one attached hydrogen (secondary N) is 1. The molecule has 0 radical (unpaired) electrons. The summed E-state index contributed by atoms with van der Waals surface area (Å²) in [4.78, 5) is 23.3. The van der Waals surface area contributed by atoms with Crippen LogP contribution in [-0.4, -0.2) is 35.7 Å². The molecular formula is C19H20ClNO5. The number of carbonyl (C=O) groups is 2. The summed E-state index contributed by atoms with van der Waals surface area (Å²) in [6.45, 7) is 1.65. The number of hydrogen-bond acceptors (Lipinski definition) is 4. The first-order valence-electron chi connectivity index (χ1n) is 7.93. The number of methoxy groups -OCH3 is 1. The number of aryl methyl sites for hydroxylation is 1. The van der Waals surface area contributed by atoms with Crippen molar-refractivity contribution in [3.05, 3.63) is 63.7 Å². The highest BCUT2D eigenvalue weighted by Crippen LogP contribution is 2.31. The summed E-state index contributed by atoms with van der Waals surface area (Å²) in [5, 5.41) is 22.4. The van der Waals surface area contributed by atoms with Crippen molar-refractivity contribution in [3.63, 3.8) is 0 Å².